The molecule has 2 aromatic rings. The summed E-state index contributed by atoms with van der Waals surface area (Å²) in [7, 11) is 0. The summed E-state index contributed by atoms with van der Waals surface area (Å²) in [6.45, 7) is 2.30. The number of benzene rings is 2. The molecule has 0 aliphatic rings. The number of rotatable bonds is 7. The van der Waals surface area contributed by atoms with Crippen molar-refractivity contribution in [2.24, 2.45) is 5.10 Å². The lowest BCUT2D eigenvalue weighted by Gasteiger charge is -2.07. The van der Waals surface area contributed by atoms with Crippen LogP contribution in [0.15, 0.2) is 53.6 Å². The number of hydrogen-bond donors (Lipinski definition) is 1. The van der Waals surface area contributed by atoms with Crippen LogP contribution in [-0.4, -0.2) is 25.3 Å². The number of nitrogens with zero attached hydrogens (tertiary/aromatic N) is 1. The molecule has 1 N–H and O–H groups in total. The number of ether oxygens (including phenoxy) is 2. The lowest BCUT2D eigenvalue weighted by Crippen LogP contribution is -2.24. The zero-order valence-electron chi connectivity index (χ0n) is 12.7. The van der Waals surface area contributed by atoms with Crippen LogP contribution in [0.1, 0.15) is 12.5 Å². The first-order valence-corrected chi connectivity index (χ1v) is 7.49. The van der Waals surface area contributed by atoms with Gasteiger partial charge in [0.05, 0.1) is 12.8 Å². The molecule has 0 spiro atoms. The van der Waals surface area contributed by atoms with Crippen LogP contribution in [0, 0.1) is 0 Å². The molecule has 1 amide bonds. The molecule has 0 bridgehead atoms. The highest BCUT2D eigenvalue weighted by atomic mass is 35.5. The Hall–Kier alpha value is -2.53. The Bertz CT molecular complexity index is 675. The highest BCUT2D eigenvalue weighted by molar-refractivity contribution is 6.30. The predicted octanol–water partition coefficient (Wildman–Crippen LogP) is 3.27. The van der Waals surface area contributed by atoms with Crippen molar-refractivity contribution in [2.45, 2.75) is 6.92 Å². The molecule has 0 unspecified atom stereocenters. The Morgan fingerprint density at radius 1 is 1.22 bits per heavy atom. The van der Waals surface area contributed by atoms with Gasteiger partial charge in [-0.15, -0.1) is 0 Å². The molecule has 5 nitrogen and oxygen atoms in total. The molecular formula is C17H17ClN2O3. The Morgan fingerprint density at radius 2 is 2.00 bits per heavy atom. The van der Waals surface area contributed by atoms with E-state index in [2.05, 4.69) is 10.5 Å². The number of halogens is 1. The number of carbonyl (C=O) groups excluding carboxylic acids is 1. The molecule has 120 valence electrons. The molecule has 0 aliphatic heterocycles. The van der Waals surface area contributed by atoms with Crippen LogP contribution in [0.5, 0.6) is 11.5 Å². The highest BCUT2D eigenvalue weighted by Gasteiger charge is 2.03. The predicted molar refractivity (Wildman–Crippen MR) is 90.3 cm³/mol. The van der Waals surface area contributed by atoms with Crippen LogP contribution in [0.4, 0.5) is 0 Å². The van der Waals surface area contributed by atoms with E-state index >= 15 is 0 Å². The first kappa shape index (κ1) is 16.8. The van der Waals surface area contributed by atoms with Crippen molar-refractivity contribution in [3.8, 4) is 11.5 Å². The van der Waals surface area contributed by atoms with E-state index in [0.29, 0.717) is 28.7 Å². The van der Waals surface area contributed by atoms with Gasteiger partial charge in [-0.25, -0.2) is 5.43 Å². The van der Waals surface area contributed by atoms with Crippen molar-refractivity contribution >= 4 is 23.7 Å². The summed E-state index contributed by atoms with van der Waals surface area (Å²) in [4.78, 5) is 11.7. The van der Waals surface area contributed by atoms with Gasteiger partial charge in [0.2, 0.25) is 0 Å². The van der Waals surface area contributed by atoms with Crippen LogP contribution in [-0.2, 0) is 4.79 Å². The number of carbonyl (C=O) groups is 1. The zero-order chi connectivity index (χ0) is 16.5. The lowest BCUT2D eigenvalue weighted by atomic mass is 10.2. The molecule has 0 radical (unpaired) electrons. The van der Waals surface area contributed by atoms with E-state index in [9.17, 15) is 4.79 Å². The third kappa shape index (κ3) is 5.64. The van der Waals surface area contributed by atoms with Crippen LogP contribution in [0.3, 0.4) is 0 Å². The van der Waals surface area contributed by atoms with Crippen LogP contribution < -0.4 is 14.9 Å². The molecule has 6 heteroatoms. The molecule has 0 fully saturated rings. The van der Waals surface area contributed by atoms with Gasteiger partial charge in [0, 0.05) is 10.6 Å². The molecule has 23 heavy (non-hydrogen) atoms. The Labute approximate surface area is 139 Å². The summed E-state index contributed by atoms with van der Waals surface area (Å²) in [5.74, 6) is 0.917. The normalized spacial score (nSPS) is 10.5. The second kappa shape index (κ2) is 8.80. The summed E-state index contributed by atoms with van der Waals surface area (Å²) in [6.07, 6.45) is 1.48. The summed E-state index contributed by atoms with van der Waals surface area (Å²) in [5.41, 5.74) is 3.08. The molecule has 0 saturated carbocycles. The molecule has 0 saturated heterocycles. The molecule has 0 atom stereocenters. The van der Waals surface area contributed by atoms with Crippen LogP contribution in [0.25, 0.3) is 0 Å². The minimum atomic E-state index is -0.356. The fraction of sp³-hybridized carbons (Fsp3) is 0.176. The van der Waals surface area contributed by atoms with Gasteiger partial charge < -0.3 is 9.47 Å². The maximum Gasteiger partial charge on any atom is 0.277 e. The molecule has 0 heterocycles. The Morgan fingerprint density at radius 3 is 2.74 bits per heavy atom. The van der Waals surface area contributed by atoms with Crippen LogP contribution in [0.2, 0.25) is 5.02 Å². The van der Waals surface area contributed by atoms with Crippen molar-refractivity contribution in [3.05, 3.63) is 59.1 Å². The van der Waals surface area contributed by atoms with E-state index in [1.807, 2.05) is 25.1 Å². The summed E-state index contributed by atoms with van der Waals surface area (Å²) in [5, 5.41) is 4.46. The fourth-order valence-corrected chi connectivity index (χ4v) is 1.96. The summed E-state index contributed by atoms with van der Waals surface area (Å²) in [6, 6.07) is 14.3. The van der Waals surface area contributed by atoms with Crippen LogP contribution >= 0.6 is 11.6 Å². The number of hydrogen-bond acceptors (Lipinski definition) is 4. The van der Waals surface area contributed by atoms with E-state index < -0.39 is 0 Å². The average Bonchev–Trinajstić information content (AvgIpc) is 2.56. The molecule has 2 rings (SSSR count). The van der Waals surface area contributed by atoms with Gasteiger partial charge in [0.15, 0.2) is 6.61 Å². The molecule has 2 aromatic carbocycles. The Balaban J connectivity index is 1.88. The van der Waals surface area contributed by atoms with E-state index in [0.717, 1.165) is 0 Å². The maximum atomic E-state index is 11.7. The van der Waals surface area contributed by atoms with Gasteiger partial charge in [-0.3, -0.25) is 4.79 Å². The monoisotopic (exact) mass is 332 g/mol. The third-order valence-electron chi connectivity index (χ3n) is 2.78. The zero-order valence-corrected chi connectivity index (χ0v) is 13.4. The van der Waals surface area contributed by atoms with Gasteiger partial charge in [0.25, 0.3) is 5.91 Å². The van der Waals surface area contributed by atoms with Crippen molar-refractivity contribution in [1.29, 1.82) is 0 Å². The van der Waals surface area contributed by atoms with E-state index in [1.165, 1.54) is 6.21 Å². The minimum absolute atomic E-state index is 0.116. The molecular weight excluding hydrogens is 316 g/mol. The summed E-state index contributed by atoms with van der Waals surface area (Å²) < 4.78 is 10.8. The molecule has 0 aromatic heterocycles. The smallest absolute Gasteiger partial charge is 0.277 e. The first-order chi connectivity index (χ1) is 11.2. The fourth-order valence-electron chi connectivity index (χ4n) is 1.78. The minimum Gasteiger partial charge on any atom is -0.493 e. The topological polar surface area (TPSA) is 59.9 Å². The quantitative estimate of drug-likeness (QED) is 0.625. The van der Waals surface area contributed by atoms with E-state index in [4.69, 9.17) is 21.1 Å². The van der Waals surface area contributed by atoms with Crippen molar-refractivity contribution < 1.29 is 14.3 Å². The number of amides is 1. The first-order valence-electron chi connectivity index (χ1n) is 7.11. The second-order valence-electron chi connectivity index (χ2n) is 4.51. The van der Waals surface area contributed by atoms with Gasteiger partial charge in [0.1, 0.15) is 11.5 Å². The second-order valence-corrected chi connectivity index (χ2v) is 4.95. The van der Waals surface area contributed by atoms with E-state index in [-0.39, 0.29) is 12.5 Å². The standard InChI is InChI=1S/C17H17ClN2O3/c1-2-22-16-9-8-14(18)10-13(16)11-19-20-17(21)12-23-15-6-4-3-5-7-15/h3-11H,2,12H2,1H3,(H,20,21)/b19-11-. The Kier molecular flexibility index (Phi) is 6.44. The number of hydrazone groups is 1. The van der Waals surface area contributed by atoms with Crippen molar-refractivity contribution in [3.63, 3.8) is 0 Å². The maximum absolute atomic E-state index is 11.7. The van der Waals surface area contributed by atoms with Gasteiger partial charge in [-0.2, -0.15) is 5.10 Å². The van der Waals surface area contributed by atoms with Gasteiger partial charge >= 0.3 is 0 Å². The van der Waals surface area contributed by atoms with Gasteiger partial charge in [-0.05, 0) is 37.3 Å². The summed E-state index contributed by atoms with van der Waals surface area (Å²) >= 11 is 5.95. The third-order valence-corrected chi connectivity index (χ3v) is 3.01. The highest BCUT2D eigenvalue weighted by Crippen LogP contribution is 2.21. The lowest BCUT2D eigenvalue weighted by molar-refractivity contribution is -0.123. The number of para-hydroxylation sites is 1. The largest absolute Gasteiger partial charge is 0.493 e. The number of nitrogens with one attached hydrogen (secondary N) is 1. The SMILES string of the molecule is CCOc1ccc(Cl)cc1/C=N\NC(=O)COc1ccccc1. The van der Waals surface area contributed by atoms with Crippen molar-refractivity contribution in [2.75, 3.05) is 13.2 Å². The van der Waals surface area contributed by atoms with Crippen molar-refractivity contribution in [1.82, 2.24) is 5.43 Å². The average molecular weight is 333 g/mol. The van der Waals surface area contributed by atoms with E-state index in [1.54, 1.807) is 30.3 Å². The van der Waals surface area contributed by atoms with Gasteiger partial charge in [-0.1, -0.05) is 29.8 Å². The molecule has 0 aliphatic carbocycles.